The Bertz CT molecular complexity index is 391. The highest BCUT2D eigenvalue weighted by molar-refractivity contribution is 4.87. The van der Waals surface area contributed by atoms with Gasteiger partial charge in [-0.15, -0.1) is 0 Å². The van der Waals surface area contributed by atoms with Gasteiger partial charge in [0.2, 0.25) is 0 Å². The summed E-state index contributed by atoms with van der Waals surface area (Å²) >= 11 is 0. The first-order valence-corrected chi connectivity index (χ1v) is 8.24. The average molecular weight is 348 g/mol. The van der Waals surface area contributed by atoms with Crippen LogP contribution in [0.5, 0.6) is 0 Å². The maximum absolute atomic E-state index is 11.3. The van der Waals surface area contributed by atoms with E-state index in [-0.39, 0.29) is 25.9 Å². The van der Waals surface area contributed by atoms with E-state index < -0.39 is 34.1 Å². The van der Waals surface area contributed by atoms with Gasteiger partial charge in [-0.3, -0.25) is 30.0 Å². The van der Waals surface area contributed by atoms with Crippen LogP contribution in [0.15, 0.2) is 0 Å². The Morgan fingerprint density at radius 1 is 0.833 bits per heavy atom. The van der Waals surface area contributed by atoms with Crippen molar-refractivity contribution in [2.24, 2.45) is 0 Å². The highest BCUT2D eigenvalue weighted by Gasteiger charge is 2.45. The Balaban J connectivity index is 2.64. The van der Waals surface area contributed by atoms with Crippen molar-refractivity contribution < 1.29 is 20.1 Å². The molecule has 2 N–H and O–H groups in total. The lowest BCUT2D eigenvalue weighted by Gasteiger charge is -2.39. The second kappa shape index (κ2) is 8.65. The second-order valence-corrected chi connectivity index (χ2v) is 6.54. The summed E-state index contributed by atoms with van der Waals surface area (Å²) in [6, 6.07) is 0. The Kier molecular flexibility index (Phi) is 7.46. The van der Waals surface area contributed by atoms with E-state index in [0.717, 1.165) is 0 Å². The molecule has 2 unspecified atom stereocenters. The molecule has 0 bridgehead atoms. The Morgan fingerprint density at radius 3 is 1.29 bits per heavy atom. The van der Waals surface area contributed by atoms with Crippen LogP contribution in [0.3, 0.4) is 0 Å². The van der Waals surface area contributed by atoms with E-state index >= 15 is 0 Å². The van der Waals surface area contributed by atoms with Gasteiger partial charge in [0.15, 0.2) is 0 Å². The van der Waals surface area contributed by atoms with Gasteiger partial charge in [-0.25, -0.2) is 0 Å². The predicted molar refractivity (Wildman–Crippen MR) is 87.1 cm³/mol. The molecule has 1 aliphatic rings. The molecule has 1 saturated heterocycles. The molecule has 10 heteroatoms. The number of nitrogens with zero attached hydrogens (tertiary/aromatic N) is 4. The third-order valence-corrected chi connectivity index (χ3v) is 5.18. The van der Waals surface area contributed by atoms with E-state index in [4.69, 9.17) is 0 Å². The molecule has 1 aliphatic heterocycles. The molecule has 0 radical (unpaired) electrons. The zero-order chi connectivity index (χ0) is 18.4. The lowest BCUT2D eigenvalue weighted by atomic mass is 9.96. The number of rotatable bonds is 10. The number of piperazine rings is 1. The molecule has 0 saturated carbocycles. The second-order valence-electron chi connectivity index (χ2n) is 6.54. The van der Waals surface area contributed by atoms with Crippen molar-refractivity contribution in [3.05, 3.63) is 20.2 Å². The number of aliphatic hydroxyl groups is 2. The molecular formula is C14H28N4O6. The van der Waals surface area contributed by atoms with E-state index in [9.17, 15) is 30.4 Å². The third kappa shape index (κ3) is 4.38. The molecule has 0 aromatic carbocycles. The van der Waals surface area contributed by atoms with Gasteiger partial charge < -0.3 is 10.2 Å². The van der Waals surface area contributed by atoms with Crippen LogP contribution in [0.2, 0.25) is 0 Å². The van der Waals surface area contributed by atoms with Crippen LogP contribution >= 0.6 is 0 Å². The fourth-order valence-corrected chi connectivity index (χ4v) is 2.97. The molecule has 10 nitrogen and oxygen atoms in total. The minimum absolute atomic E-state index is 0.162. The standard InChI is InChI=1S/C14H28N4O6/c1-3-13(11-19,17(21)22)9-15-5-7-16(8-6-15)10-14(4-2,12-20)18(23)24/h19-20H,3-12H2,1-2H3. The first-order chi connectivity index (χ1) is 11.3. The van der Waals surface area contributed by atoms with Crippen molar-refractivity contribution in [3.63, 3.8) is 0 Å². The van der Waals surface area contributed by atoms with Gasteiger partial charge in [0.1, 0.15) is 13.2 Å². The van der Waals surface area contributed by atoms with E-state index in [1.54, 1.807) is 13.8 Å². The SMILES string of the molecule is CCC(CO)(CN1CCN(CC(CC)(CO)[N+](=O)[O-])CC1)[N+](=O)[O-]. The predicted octanol–water partition coefficient (Wildman–Crippen LogP) is -0.560. The summed E-state index contributed by atoms with van der Waals surface area (Å²) in [5, 5.41) is 41.4. The van der Waals surface area contributed by atoms with Crippen molar-refractivity contribution in [3.8, 4) is 0 Å². The number of hydrogen-bond acceptors (Lipinski definition) is 8. The first-order valence-electron chi connectivity index (χ1n) is 8.24. The minimum atomic E-state index is -1.36. The van der Waals surface area contributed by atoms with E-state index in [1.807, 2.05) is 9.80 Å². The number of hydrogen-bond donors (Lipinski definition) is 2. The van der Waals surface area contributed by atoms with Gasteiger partial charge >= 0.3 is 0 Å². The summed E-state index contributed by atoms with van der Waals surface area (Å²) in [7, 11) is 0. The van der Waals surface area contributed by atoms with Crippen LogP contribution in [0, 0.1) is 20.2 Å². The Morgan fingerprint density at radius 2 is 1.12 bits per heavy atom. The molecule has 1 heterocycles. The molecule has 2 atom stereocenters. The highest BCUT2D eigenvalue weighted by Crippen LogP contribution is 2.20. The summed E-state index contributed by atoms with van der Waals surface area (Å²) in [4.78, 5) is 25.5. The van der Waals surface area contributed by atoms with Crippen LogP contribution in [0.25, 0.3) is 0 Å². The van der Waals surface area contributed by atoms with E-state index in [0.29, 0.717) is 26.2 Å². The lowest BCUT2D eigenvalue weighted by Crippen LogP contribution is -2.59. The molecule has 140 valence electrons. The van der Waals surface area contributed by atoms with E-state index in [2.05, 4.69) is 0 Å². The molecule has 1 rings (SSSR count). The average Bonchev–Trinajstić information content (AvgIpc) is 2.58. The molecule has 0 aromatic heterocycles. The van der Waals surface area contributed by atoms with Crippen molar-refractivity contribution >= 4 is 0 Å². The lowest BCUT2D eigenvalue weighted by molar-refractivity contribution is -0.576. The van der Waals surface area contributed by atoms with Crippen molar-refractivity contribution in [2.75, 3.05) is 52.5 Å². The van der Waals surface area contributed by atoms with Crippen LogP contribution in [-0.2, 0) is 0 Å². The number of aliphatic hydroxyl groups excluding tert-OH is 2. The van der Waals surface area contributed by atoms with Crippen LogP contribution in [0.1, 0.15) is 26.7 Å². The quantitative estimate of drug-likeness (QED) is 0.396. The molecule has 0 amide bonds. The monoisotopic (exact) mass is 348 g/mol. The zero-order valence-electron chi connectivity index (χ0n) is 14.4. The van der Waals surface area contributed by atoms with Gasteiger partial charge in [0.25, 0.3) is 11.1 Å². The van der Waals surface area contributed by atoms with Gasteiger partial charge in [-0.05, 0) is 0 Å². The molecule has 0 aromatic rings. The summed E-state index contributed by atoms with van der Waals surface area (Å²) in [5.41, 5.74) is -2.72. The van der Waals surface area contributed by atoms with Crippen molar-refractivity contribution in [1.29, 1.82) is 0 Å². The van der Waals surface area contributed by atoms with Gasteiger partial charge in [-0.2, -0.15) is 0 Å². The molecule has 24 heavy (non-hydrogen) atoms. The van der Waals surface area contributed by atoms with Crippen molar-refractivity contribution in [2.45, 2.75) is 37.8 Å². The molecule has 1 fully saturated rings. The normalized spacial score (nSPS) is 21.8. The van der Waals surface area contributed by atoms with Crippen LogP contribution in [0.4, 0.5) is 0 Å². The summed E-state index contributed by atoms with van der Waals surface area (Å²) < 4.78 is 0. The fraction of sp³-hybridized carbons (Fsp3) is 1.00. The molecule has 0 spiro atoms. The molecular weight excluding hydrogens is 320 g/mol. The summed E-state index contributed by atoms with van der Waals surface area (Å²) in [6.07, 6.45) is 0.475. The third-order valence-electron chi connectivity index (χ3n) is 5.18. The van der Waals surface area contributed by atoms with Gasteiger partial charge in [0, 0.05) is 48.9 Å². The Labute approximate surface area is 141 Å². The first kappa shape index (κ1) is 20.7. The maximum atomic E-state index is 11.3. The van der Waals surface area contributed by atoms with Crippen molar-refractivity contribution in [1.82, 2.24) is 9.80 Å². The van der Waals surface area contributed by atoms with Gasteiger partial charge in [0.05, 0.1) is 13.1 Å². The zero-order valence-corrected chi connectivity index (χ0v) is 14.4. The fourth-order valence-electron chi connectivity index (χ4n) is 2.97. The summed E-state index contributed by atoms with van der Waals surface area (Å²) in [5.74, 6) is 0. The smallest absolute Gasteiger partial charge is 0.256 e. The highest BCUT2D eigenvalue weighted by atomic mass is 16.6. The number of nitro groups is 2. The largest absolute Gasteiger partial charge is 0.389 e. The Hall–Kier alpha value is -1.36. The summed E-state index contributed by atoms with van der Waals surface area (Å²) in [6.45, 7) is 4.83. The van der Waals surface area contributed by atoms with Crippen LogP contribution < -0.4 is 0 Å². The minimum Gasteiger partial charge on any atom is -0.389 e. The van der Waals surface area contributed by atoms with E-state index in [1.165, 1.54) is 0 Å². The maximum Gasteiger partial charge on any atom is 0.256 e. The topological polar surface area (TPSA) is 133 Å². The molecule has 0 aliphatic carbocycles. The van der Waals surface area contributed by atoms with Gasteiger partial charge in [-0.1, -0.05) is 13.8 Å². The van der Waals surface area contributed by atoms with Crippen LogP contribution in [-0.4, -0.2) is 93.4 Å².